The highest BCUT2D eigenvalue weighted by atomic mass is 16.5. The summed E-state index contributed by atoms with van der Waals surface area (Å²) >= 11 is 0. The number of aryl methyl sites for hydroxylation is 2. The molecule has 1 aromatic carbocycles. The Morgan fingerprint density at radius 1 is 1.05 bits per heavy atom. The van der Waals surface area contributed by atoms with Gasteiger partial charge in [0, 0.05) is 64.5 Å². The maximum atomic E-state index is 13.1. The summed E-state index contributed by atoms with van der Waals surface area (Å²) < 4.78 is 6.19. The van der Waals surface area contributed by atoms with Gasteiger partial charge in [0.2, 0.25) is 11.8 Å². The van der Waals surface area contributed by atoms with E-state index in [9.17, 15) is 9.59 Å². The molecule has 0 aliphatic carbocycles. The van der Waals surface area contributed by atoms with Crippen LogP contribution >= 0.6 is 0 Å². The van der Waals surface area contributed by atoms with Gasteiger partial charge in [0.25, 0.3) is 0 Å². The number of aromatic nitrogens is 1. The van der Waals surface area contributed by atoms with Crippen LogP contribution in [0.5, 0.6) is 5.75 Å². The number of rotatable bonds is 8. The van der Waals surface area contributed by atoms with E-state index < -0.39 is 0 Å². The van der Waals surface area contributed by atoms with Crippen LogP contribution in [0.4, 0.5) is 5.82 Å². The molecule has 8 heteroatoms. The Bertz CT molecular complexity index is 1160. The Morgan fingerprint density at radius 3 is 2.60 bits per heavy atom. The Balaban J connectivity index is 1.29. The first kappa shape index (κ1) is 31.8. The third-order valence-corrected chi connectivity index (χ3v) is 8.68. The number of anilines is 1. The van der Waals surface area contributed by atoms with Crippen molar-refractivity contribution >= 4 is 17.6 Å². The lowest BCUT2D eigenvalue weighted by molar-refractivity contribution is -0.132. The zero-order valence-corrected chi connectivity index (χ0v) is 26.2. The standard InChI is InChI=1S/C34H51N5O3/c1-26(2)39-24-30-22-28(10-12-31(30)42-21-7-5-6-17-36-33(40)25-39)11-13-34(41)38-19-15-27(16-20-38)8-9-29-14-18-35-32(23-29)37(3)4/h10,12,14,18,22-23,26-27H,5-9,11,13,15-17,19-21,24-25H2,1-4H3,(H,36,40). The molecule has 8 nitrogen and oxygen atoms in total. The largest absolute Gasteiger partial charge is 0.493 e. The summed E-state index contributed by atoms with van der Waals surface area (Å²) in [7, 11) is 4.04. The first-order chi connectivity index (χ1) is 20.3. The van der Waals surface area contributed by atoms with E-state index in [1.54, 1.807) is 0 Å². The Labute approximate surface area is 252 Å². The Kier molecular flexibility index (Phi) is 12.1. The van der Waals surface area contributed by atoms with Crippen LogP contribution in [0.3, 0.4) is 0 Å². The van der Waals surface area contributed by atoms with E-state index in [4.69, 9.17) is 4.74 Å². The molecular formula is C34H51N5O3. The number of amides is 2. The van der Waals surface area contributed by atoms with E-state index in [1.165, 1.54) is 5.56 Å². The number of piperidine rings is 1. The smallest absolute Gasteiger partial charge is 0.234 e. The van der Waals surface area contributed by atoms with Crippen LogP contribution in [-0.2, 0) is 29.0 Å². The number of likely N-dealkylation sites (tertiary alicyclic amines) is 1. The fraction of sp³-hybridized carbons (Fsp3) is 0.618. The molecule has 2 aliphatic heterocycles. The maximum absolute atomic E-state index is 13.1. The summed E-state index contributed by atoms with van der Waals surface area (Å²) in [5, 5.41) is 3.06. The van der Waals surface area contributed by atoms with Crippen LogP contribution in [0.25, 0.3) is 0 Å². The summed E-state index contributed by atoms with van der Waals surface area (Å²) in [4.78, 5) is 36.4. The molecule has 0 spiro atoms. The molecule has 0 bridgehead atoms. The number of hydrogen-bond donors (Lipinski definition) is 1. The molecule has 2 aliphatic rings. The molecule has 1 saturated heterocycles. The minimum absolute atomic E-state index is 0.0757. The third-order valence-electron chi connectivity index (χ3n) is 8.68. The van der Waals surface area contributed by atoms with Gasteiger partial charge >= 0.3 is 0 Å². The van der Waals surface area contributed by atoms with E-state index in [2.05, 4.69) is 64.3 Å². The van der Waals surface area contributed by atoms with Gasteiger partial charge in [-0.2, -0.15) is 0 Å². The molecule has 0 unspecified atom stereocenters. The van der Waals surface area contributed by atoms with Crippen molar-refractivity contribution in [1.82, 2.24) is 20.1 Å². The van der Waals surface area contributed by atoms with Gasteiger partial charge in [-0.1, -0.05) is 12.1 Å². The molecule has 4 rings (SSSR count). The molecular weight excluding hydrogens is 526 g/mol. The first-order valence-electron chi connectivity index (χ1n) is 15.9. The second-order valence-electron chi connectivity index (χ2n) is 12.5. The minimum Gasteiger partial charge on any atom is -0.493 e. The normalized spacial score (nSPS) is 17.8. The Morgan fingerprint density at radius 2 is 1.83 bits per heavy atom. The van der Waals surface area contributed by atoms with E-state index in [1.807, 2.05) is 25.2 Å². The van der Waals surface area contributed by atoms with Gasteiger partial charge in [-0.15, -0.1) is 0 Å². The van der Waals surface area contributed by atoms with Gasteiger partial charge in [0.1, 0.15) is 11.6 Å². The topological polar surface area (TPSA) is 78.0 Å². The lowest BCUT2D eigenvalue weighted by Crippen LogP contribution is -2.40. The average Bonchev–Trinajstić information content (AvgIpc) is 3.00. The van der Waals surface area contributed by atoms with Gasteiger partial charge in [-0.3, -0.25) is 14.5 Å². The second-order valence-corrected chi connectivity index (χ2v) is 12.5. The number of hydrogen-bond acceptors (Lipinski definition) is 6. The van der Waals surface area contributed by atoms with E-state index in [0.717, 1.165) is 87.3 Å². The second kappa shape index (κ2) is 15.9. The predicted molar refractivity (Wildman–Crippen MR) is 169 cm³/mol. The molecule has 42 heavy (non-hydrogen) atoms. The first-order valence-corrected chi connectivity index (χ1v) is 15.9. The molecule has 1 N–H and O–H groups in total. The van der Waals surface area contributed by atoms with Crippen molar-refractivity contribution in [3.8, 4) is 5.75 Å². The number of carbonyl (C=O) groups excluding carboxylic acids is 2. The molecule has 0 radical (unpaired) electrons. The average molecular weight is 578 g/mol. The zero-order valence-electron chi connectivity index (χ0n) is 26.2. The van der Waals surface area contributed by atoms with Crippen molar-refractivity contribution in [3.05, 3.63) is 53.2 Å². The minimum atomic E-state index is 0.0757. The van der Waals surface area contributed by atoms with Gasteiger partial charge in [-0.05, 0) is 100 Å². The summed E-state index contributed by atoms with van der Waals surface area (Å²) in [5.41, 5.74) is 3.57. The van der Waals surface area contributed by atoms with Crippen LogP contribution in [0.2, 0.25) is 0 Å². The molecule has 1 fully saturated rings. The van der Waals surface area contributed by atoms with Crippen molar-refractivity contribution in [3.63, 3.8) is 0 Å². The molecule has 3 heterocycles. The van der Waals surface area contributed by atoms with Crippen molar-refractivity contribution in [2.45, 2.75) is 84.2 Å². The van der Waals surface area contributed by atoms with Crippen molar-refractivity contribution in [2.75, 3.05) is 51.8 Å². The van der Waals surface area contributed by atoms with Gasteiger partial charge in [0.15, 0.2) is 0 Å². The van der Waals surface area contributed by atoms with Crippen molar-refractivity contribution in [1.29, 1.82) is 0 Å². The SMILES string of the molecule is CC(C)N1CC(=O)NCCCCCOc2ccc(CCC(=O)N3CCC(CCc4ccnc(N(C)C)c4)CC3)cc2C1. The number of nitrogens with one attached hydrogen (secondary N) is 1. The van der Waals surface area contributed by atoms with Crippen LogP contribution in [0.1, 0.15) is 75.5 Å². The zero-order chi connectivity index (χ0) is 29.9. The highest BCUT2D eigenvalue weighted by Gasteiger charge is 2.23. The third kappa shape index (κ3) is 9.72. The van der Waals surface area contributed by atoms with Gasteiger partial charge in [0.05, 0.1) is 13.2 Å². The highest BCUT2D eigenvalue weighted by Crippen LogP contribution is 2.26. The van der Waals surface area contributed by atoms with Crippen LogP contribution < -0.4 is 15.0 Å². The van der Waals surface area contributed by atoms with Gasteiger partial charge < -0.3 is 19.9 Å². The van der Waals surface area contributed by atoms with Crippen molar-refractivity contribution < 1.29 is 14.3 Å². The Hall–Kier alpha value is -3.13. The summed E-state index contributed by atoms with van der Waals surface area (Å²) in [6.07, 6.45) is 10.5. The van der Waals surface area contributed by atoms with Crippen molar-refractivity contribution in [2.24, 2.45) is 5.92 Å². The number of ether oxygens (including phenoxy) is 1. The predicted octanol–water partition coefficient (Wildman–Crippen LogP) is 4.84. The molecule has 2 aromatic rings. The van der Waals surface area contributed by atoms with Crippen LogP contribution in [0.15, 0.2) is 36.5 Å². The molecule has 0 atom stereocenters. The summed E-state index contributed by atoms with van der Waals surface area (Å²) in [6, 6.07) is 10.9. The number of nitrogens with zero attached hydrogens (tertiary/aromatic N) is 4. The lowest BCUT2D eigenvalue weighted by Gasteiger charge is -2.32. The molecule has 230 valence electrons. The number of pyridine rings is 1. The maximum Gasteiger partial charge on any atom is 0.234 e. The highest BCUT2D eigenvalue weighted by molar-refractivity contribution is 5.78. The van der Waals surface area contributed by atoms with E-state index >= 15 is 0 Å². The number of carbonyl (C=O) groups is 2. The monoisotopic (exact) mass is 577 g/mol. The van der Waals surface area contributed by atoms with Crippen LogP contribution in [0, 0.1) is 5.92 Å². The molecule has 2 amide bonds. The quantitative estimate of drug-likeness (QED) is 0.484. The summed E-state index contributed by atoms with van der Waals surface area (Å²) in [5.74, 6) is 2.88. The van der Waals surface area contributed by atoms with Crippen LogP contribution in [-0.4, -0.2) is 79.5 Å². The molecule has 0 saturated carbocycles. The van der Waals surface area contributed by atoms with E-state index in [-0.39, 0.29) is 17.9 Å². The van der Waals surface area contributed by atoms with E-state index in [0.29, 0.717) is 38.5 Å². The fourth-order valence-electron chi connectivity index (χ4n) is 5.86. The summed E-state index contributed by atoms with van der Waals surface area (Å²) in [6.45, 7) is 8.36. The number of fused-ring (bicyclic) bond motifs is 1. The number of benzene rings is 1. The molecule has 1 aromatic heterocycles. The fourth-order valence-corrected chi connectivity index (χ4v) is 5.86. The lowest BCUT2D eigenvalue weighted by atomic mass is 9.90. The van der Waals surface area contributed by atoms with Gasteiger partial charge in [-0.25, -0.2) is 4.98 Å².